The molecular formula is C9H22N2O3S2. The molecule has 0 aliphatic heterocycles. The number of thioether (sulfide) groups is 1. The van der Waals surface area contributed by atoms with Gasteiger partial charge in [-0.3, -0.25) is 0 Å². The van der Waals surface area contributed by atoms with E-state index in [-0.39, 0.29) is 12.6 Å². The lowest BCUT2D eigenvalue weighted by atomic mass is 10.4. The first-order valence-corrected chi connectivity index (χ1v) is 7.95. The summed E-state index contributed by atoms with van der Waals surface area (Å²) in [5.74, 6) is 1.75. The van der Waals surface area contributed by atoms with Crippen LogP contribution in [0.3, 0.4) is 0 Å². The highest BCUT2D eigenvalue weighted by Gasteiger charge is 2.19. The van der Waals surface area contributed by atoms with Gasteiger partial charge in [0.1, 0.15) is 0 Å². The molecule has 0 aromatic rings. The van der Waals surface area contributed by atoms with Crippen molar-refractivity contribution in [3.05, 3.63) is 0 Å². The highest BCUT2D eigenvalue weighted by Crippen LogP contribution is 2.04. The molecule has 0 spiro atoms. The molecule has 1 atom stereocenters. The smallest absolute Gasteiger partial charge is 0.279 e. The van der Waals surface area contributed by atoms with E-state index in [1.165, 1.54) is 11.4 Å². The Morgan fingerprint density at radius 1 is 1.50 bits per heavy atom. The molecule has 0 saturated carbocycles. The first-order valence-electron chi connectivity index (χ1n) is 5.36. The van der Waals surface area contributed by atoms with Crippen LogP contribution in [0.1, 0.15) is 20.3 Å². The van der Waals surface area contributed by atoms with Gasteiger partial charge >= 0.3 is 0 Å². The first-order chi connectivity index (χ1) is 7.44. The van der Waals surface area contributed by atoms with Crippen LogP contribution in [0.15, 0.2) is 0 Å². The van der Waals surface area contributed by atoms with Gasteiger partial charge in [-0.1, -0.05) is 6.92 Å². The summed E-state index contributed by atoms with van der Waals surface area (Å²) in [5.41, 5.74) is 0. The van der Waals surface area contributed by atoms with Gasteiger partial charge in [0.05, 0.1) is 0 Å². The van der Waals surface area contributed by atoms with E-state index in [1.54, 1.807) is 11.8 Å². The van der Waals surface area contributed by atoms with Gasteiger partial charge in [0.25, 0.3) is 10.2 Å². The van der Waals surface area contributed by atoms with Crippen molar-refractivity contribution < 1.29 is 13.5 Å². The van der Waals surface area contributed by atoms with Crippen LogP contribution in [0.2, 0.25) is 0 Å². The molecule has 0 amide bonds. The van der Waals surface area contributed by atoms with Crippen LogP contribution in [0.25, 0.3) is 0 Å². The third-order valence-electron chi connectivity index (χ3n) is 1.96. The van der Waals surface area contributed by atoms with Crippen molar-refractivity contribution in [1.29, 1.82) is 0 Å². The second-order valence-electron chi connectivity index (χ2n) is 3.58. The highest BCUT2D eigenvalue weighted by molar-refractivity contribution is 7.99. The second kappa shape index (κ2) is 8.30. The Labute approximate surface area is 103 Å². The zero-order valence-corrected chi connectivity index (χ0v) is 11.8. The Morgan fingerprint density at radius 3 is 2.62 bits per heavy atom. The van der Waals surface area contributed by atoms with Crippen molar-refractivity contribution in [1.82, 2.24) is 9.03 Å². The maximum Gasteiger partial charge on any atom is 0.279 e. The summed E-state index contributed by atoms with van der Waals surface area (Å²) in [6, 6.07) is -0.0773. The molecule has 0 aromatic carbocycles. The highest BCUT2D eigenvalue weighted by atomic mass is 32.2. The van der Waals surface area contributed by atoms with Gasteiger partial charge in [-0.25, -0.2) is 0 Å². The van der Waals surface area contributed by atoms with Crippen molar-refractivity contribution >= 4 is 22.0 Å². The standard InChI is InChI=1S/C9H22N2O3S2/c1-4-15-8-9(2)10-16(13,14)11(3)6-5-7-12/h9-10,12H,4-8H2,1-3H3. The normalized spacial score (nSPS) is 14.3. The zero-order valence-electron chi connectivity index (χ0n) is 10.1. The quantitative estimate of drug-likeness (QED) is 0.631. The van der Waals surface area contributed by atoms with E-state index < -0.39 is 10.2 Å². The molecule has 98 valence electrons. The Morgan fingerprint density at radius 2 is 2.12 bits per heavy atom. The molecule has 1 unspecified atom stereocenters. The number of aliphatic hydroxyl groups excluding tert-OH is 1. The first kappa shape index (κ1) is 16.2. The lowest BCUT2D eigenvalue weighted by molar-refractivity contribution is 0.275. The fourth-order valence-electron chi connectivity index (χ4n) is 1.09. The zero-order chi connectivity index (χ0) is 12.6. The largest absolute Gasteiger partial charge is 0.396 e. The molecule has 0 radical (unpaired) electrons. The number of aliphatic hydroxyl groups is 1. The summed E-state index contributed by atoms with van der Waals surface area (Å²) in [4.78, 5) is 0. The number of nitrogens with zero attached hydrogens (tertiary/aromatic N) is 1. The van der Waals surface area contributed by atoms with Gasteiger partial charge in [0.2, 0.25) is 0 Å². The van der Waals surface area contributed by atoms with E-state index in [4.69, 9.17) is 5.11 Å². The molecule has 16 heavy (non-hydrogen) atoms. The summed E-state index contributed by atoms with van der Waals surface area (Å²) >= 11 is 1.70. The molecule has 5 nitrogen and oxygen atoms in total. The van der Waals surface area contributed by atoms with Gasteiger partial charge in [0, 0.05) is 32.0 Å². The Kier molecular flexibility index (Phi) is 8.39. The van der Waals surface area contributed by atoms with Crippen LogP contribution < -0.4 is 4.72 Å². The second-order valence-corrected chi connectivity index (χ2v) is 6.71. The van der Waals surface area contributed by atoms with Crippen LogP contribution in [-0.2, 0) is 10.2 Å². The van der Waals surface area contributed by atoms with Crippen LogP contribution in [0, 0.1) is 0 Å². The minimum atomic E-state index is -3.40. The molecule has 0 rings (SSSR count). The van der Waals surface area contributed by atoms with Crippen molar-refractivity contribution in [2.24, 2.45) is 0 Å². The summed E-state index contributed by atoms with van der Waals surface area (Å²) in [5, 5.41) is 8.63. The van der Waals surface area contributed by atoms with Gasteiger partial charge < -0.3 is 5.11 Å². The number of hydrogen-bond donors (Lipinski definition) is 2. The average molecular weight is 270 g/mol. The molecule has 0 aromatic heterocycles. The molecular weight excluding hydrogens is 248 g/mol. The van der Waals surface area contributed by atoms with Crippen molar-refractivity contribution in [3.63, 3.8) is 0 Å². The summed E-state index contributed by atoms with van der Waals surface area (Å²) < 4.78 is 27.3. The van der Waals surface area contributed by atoms with Crippen molar-refractivity contribution in [3.8, 4) is 0 Å². The molecule has 0 aliphatic carbocycles. The fraction of sp³-hybridized carbons (Fsp3) is 1.00. The Hall–Kier alpha value is 0.180. The Bertz CT molecular complexity index is 270. The number of rotatable bonds is 9. The minimum absolute atomic E-state index is 0.00109. The maximum absolute atomic E-state index is 11.7. The van der Waals surface area contributed by atoms with Crippen LogP contribution in [-0.4, -0.2) is 55.6 Å². The van der Waals surface area contributed by atoms with E-state index in [2.05, 4.69) is 4.72 Å². The van der Waals surface area contributed by atoms with Crippen LogP contribution >= 0.6 is 11.8 Å². The van der Waals surface area contributed by atoms with E-state index in [1.807, 2.05) is 13.8 Å². The molecule has 7 heteroatoms. The van der Waals surface area contributed by atoms with Gasteiger partial charge in [-0.05, 0) is 19.1 Å². The predicted octanol–water partition coefficient (Wildman–Crippen LogP) is 0.277. The summed E-state index contributed by atoms with van der Waals surface area (Å²) in [6.45, 7) is 4.22. The number of hydrogen-bond acceptors (Lipinski definition) is 4. The van der Waals surface area contributed by atoms with Crippen LogP contribution in [0.5, 0.6) is 0 Å². The minimum Gasteiger partial charge on any atom is -0.396 e. The lowest BCUT2D eigenvalue weighted by Crippen LogP contribution is -2.44. The van der Waals surface area contributed by atoms with Crippen molar-refractivity contribution in [2.45, 2.75) is 26.3 Å². The average Bonchev–Trinajstić information content (AvgIpc) is 2.22. The SMILES string of the molecule is CCSCC(C)NS(=O)(=O)N(C)CCCO. The summed E-state index contributed by atoms with van der Waals surface area (Å²) in [7, 11) is -1.89. The predicted molar refractivity (Wildman–Crippen MR) is 68.8 cm³/mol. The van der Waals surface area contributed by atoms with Gasteiger partial charge in [-0.15, -0.1) is 0 Å². The molecule has 0 saturated heterocycles. The van der Waals surface area contributed by atoms with Gasteiger partial charge in [-0.2, -0.15) is 29.2 Å². The van der Waals surface area contributed by atoms with E-state index >= 15 is 0 Å². The maximum atomic E-state index is 11.7. The van der Waals surface area contributed by atoms with E-state index in [9.17, 15) is 8.42 Å². The monoisotopic (exact) mass is 270 g/mol. The summed E-state index contributed by atoms with van der Waals surface area (Å²) in [6.07, 6.45) is 0.454. The third kappa shape index (κ3) is 6.70. The van der Waals surface area contributed by atoms with Crippen LogP contribution in [0.4, 0.5) is 0 Å². The fourth-order valence-corrected chi connectivity index (χ4v) is 3.01. The molecule has 0 heterocycles. The number of nitrogens with one attached hydrogen (secondary N) is 1. The van der Waals surface area contributed by atoms with E-state index in [0.29, 0.717) is 13.0 Å². The molecule has 0 bridgehead atoms. The molecule has 0 aliphatic rings. The third-order valence-corrected chi connectivity index (χ3v) is 4.81. The molecule has 2 N–H and O–H groups in total. The van der Waals surface area contributed by atoms with Gasteiger partial charge in [0.15, 0.2) is 0 Å². The van der Waals surface area contributed by atoms with E-state index in [0.717, 1.165) is 11.5 Å². The Balaban J connectivity index is 4.11. The molecule has 0 fully saturated rings. The topological polar surface area (TPSA) is 69.6 Å². The van der Waals surface area contributed by atoms with Crippen molar-refractivity contribution in [2.75, 3.05) is 31.7 Å². The lowest BCUT2D eigenvalue weighted by Gasteiger charge is -2.20.